The Morgan fingerprint density at radius 3 is 2.18 bits per heavy atom. The van der Waals surface area contributed by atoms with Crippen molar-refractivity contribution in [2.24, 2.45) is 11.8 Å². The zero-order chi connectivity index (χ0) is 19.8. The largest absolute Gasteiger partial charge is 0.497 e. The van der Waals surface area contributed by atoms with E-state index < -0.39 is 29.9 Å². The maximum Gasteiger partial charge on any atom is 0.323 e. The number of hydrogen-bond acceptors (Lipinski definition) is 6. The number of benzene rings is 2. The first-order valence-corrected chi connectivity index (χ1v) is 8.97. The fraction of sp³-hybridized carbons (Fsp3) is 0.286. The summed E-state index contributed by atoms with van der Waals surface area (Å²) < 4.78 is 10.1. The number of hydrogen-bond donors (Lipinski definition) is 1. The van der Waals surface area contributed by atoms with E-state index in [2.05, 4.69) is 5.32 Å². The first kappa shape index (κ1) is 18.2. The predicted molar refractivity (Wildman–Crippen MR) is 101 cm³/mol. The van der Waals surface area contributed by atoms with Gasteiger partial charge in [0.05, 0.1) is 31.7 Å². The lowest BCUT2D eigenvalue weighted by molar-refractivity contribution is -0.145. The van der Waals surface area contributed by atoms with Crippen LogP contribution in [0.25, 0.3) is 0 Å². The standard InChI is InChI=1S/C21H20N2O5/c1-27-14-10-8-12(9-11-14)17-15-16(18(22-17)21(26)28-2)20(25)23(19(15)24)13-6-4-3-5-7-13/h3-11,15-18,22H,1-2H3/t15-,16+,17-,18-/m0/s1. The summed E-state index contributed by atoms with van der Waals surface area (Å²) in [5.74, 6) is -2.08. The third-order valence-corrected chi connectivity index (χ3v) is 5.42. The molecule has 2 saturated heterocycles. The average molecular weight is 380 g/mol. The number of amides is 2. The Balaban J connectivity index is 1.75. The summed E-state index contributed by atoms with van der Waals surface area (Å²) in [5.41, 5.74) is 1.31. The van der Waals surface area contributed by atoms with E-state index in [1.807, 2.05) is 18.2 Å². The van der Waals surface area contributed by atoms with Gasteiger partial charge in [-0.2, -0.15) is 0 Å². The smallest absolute Gasteiger partial charge is 0.323 e. The molecule has 2 aliphatic heterocycles. The van der Waals surface area contributed by atoms with E-state index in [0.717, 1.165) is 5.56 Å². The Morgan fingerprint density at radius 1 is 0.929 bits per heavy atom. The van der Waals surface area contributed by atoms with Gasteiger partial charge in [0, 0.05) is 6.04 Å². The highest BCUT2D eigenvalue weighted by atomic mass is 16.5. The van der Waals surface area contributed by atoms with Crippen LogP contribution >= 0.6 is 0 Å². The molecule has 7 heteroatoms. The van der Waals surface area contributed by atoms with Gasteiger partial charge in [-0.25, -0.2) is 4.90 Å². The first-order chi connectivity index (χ1) is 13.6. The molecule has 0 aliphatic carbocycles. The molecule has 144 valence electrons. The van der Waals surface area contributed by atoms with Crippen LogP contribution < -0.4 is 15.0 Å². The molecule has 2 fully saturated rings. The summed E-state index contributed by atoms with van der Waals surface area (Å²) in [6, 6.07) is 14.6. The van der Waals surface area contributed by atoms with E-state index in [1.165, 1.54) is 12.0 Å². The van der Waals surface area contributed by atoms with Gasteiger partial charge >= 0.3 is 5.97 Å². The van der Waals surface area contributed by atoms with Crippen molar-refractivity contribution in [2.45, 2.75) is 12.1 Å². The van der Waals surface area contributed by atoms with Crippen LogP contribution in [0.1, 0.15) is 11.6 Å². The van der Waals surface area contributed by atoms with Gasteiger partial charge in [0.25, 0.3) is 0 Å². The monoisotopic (exact) mass is 380 g/mol. The van der Waals surface area contributed by atoms with Gasteiger partial charge in [-0.1, -0.05) is 30.3 Å². The molecule has 0 spiro atoms. The van der Waals surface area contributed by atoms with Gasteiger partial charge in [-0.05, 0) is 29.8 Å². The minimum atomic E-state index is -0.882. The third kappa shape index (κ3) is 2.75. The van der Waals surface area contributed by atoms with Crippen molar-refractivity contribution >= 4 is 23.5 Å². The molecule has 0 unspecified atom stereocenters. The number of methoxy groups -OCH3 is 2. The quantitative estimate of drug-likeness (QED) is 0.642. The van der Waals surface area contributed by atoms with Crippen LogP contribution in [-0.4, -0.2) is 38.0 Å². The van der Waals surface area contributed by atoms with Crippen molar-refractivity contribution in [3.8, 4) is 5.75 Å². The molecule has 0 bridgehead atoms. The molecule has 28 heavy (non-hydrogen) atoms. The number of ether oxygens (including phenoxy) is 2. The molecular formula is C21H20N2O5. The van der Waals surface area contributed by atoms with Crippen molar-refractivity contribution < 1.29 is 23.9 Å². The molecule has 1 N–H and O–H groups in total. The van der Waals surface area contributed by atoms with Crippen LogP contribution in [0.15, 0.2) is 54.6 Å². The predicted octanol–water partition coefficient (Wildman–Crippen LogP) is 1.69. The Hall–Kier alpha value is -3.19. The SMILES string of the molecule is COC(=O)[C@H]1N[C@@H](c2ccc(OC)cc2)[C@H]2C(=O)N(c3ccccc3)C(=O)[C@H]21. The number of nitrogens with zero attached hydrogens (tertiary/aromatic N) is 1. The van der Waals surface area contributed by atoms with Gasteiger partial charge in [0.15, 0.2) is 0 Å². The number of carbonyl (C=O) groups is 3. The van der Waals surface area contributed by atoms with Crippen LogP contribution in [0, 0.1) is 11.8 Å². The van der Waals surface area contributed by atoms with Crippen LogP contribution in [0.2, 0.25) is 0 Å². The molecule has 4 atom stereocenters. The molecule has 2 heterocycles. The van der Waals surface area contributed by atoms with E-state index in [9.17, 15) is 14.4 Å². The highest BCUT2D eigenvalue weighted by molar-refractivity contribution is 6.23. The second-order valence-corrected chi connectivity index (χ2v) is 6.82. The maximum absolute atomic E-state index is 13.2. The van der Waals surface area contributed by atoms with Crippen LogP contribution in [0.3, 0.4) is 0 Å². The molecule has 0 radical (unpaired) electrons. The minimum absolute atomic E-state index is 0.319. The van der Waals surface area contributed by atoms with Crippen LogP contribution in [0.5, 0.6) is 5.75 Å². The van der Waals surface area contributed by atoms with Gasteiger partial charge < -0.3 is 9.47 Å². The lowest BCUT2D eigenvalue weighted by Gasteiger charge is -2.22. The minimum Gasteiger partial charge on any atom is -0.497 e. The van der Waals surface area contributed by atoms with Crippen molar-refractivity contribution in [3.05, 3.63) is 60.2 Å². The van der Waals surface area contributed by atoms with Crippen molar-refractivity contribution in [1.82, 2.24) is 5.32 Å². The highest BCUT2D eigenvalue weighted by Crippen LogP contribution is 2.45. The number of fused-ring (bicyclic) bond motifs is 1. The fourth-order valence-electron chi connectivity index (χ4n) is 4.10. The zero-order valence-corrected chi connectivity index (χ0v) is 15.5. The second-order valence-electron chi connectivity index (χ2n) is 6.82. The molecule has 0 aromatic heterocycles. The number of esters is 1. The molecule has 2 aliphatic rings. The summed E-state index contributed by atoms with van der Waals surface area (Å²) in [4.78, 5) is 39.9. The van der Waals surface area contributed by atoms with Crippen molar-refractivity contribution in [3.63, 3.8) is 0 Å². The van der Waals surface area contributed by atoms with E-state index in [1.54, 1.807) is 43.5 Å². The Morgan fingerprint density at radius 2 is 1.57 bits per heavy atom. The third-order valence-electron chi connectivity index (χ3n) is 5.42. The molecular weight excluding hydrogens is 360 g/mol. The summed E-state index contributed by atoms with van der Waals surface area (Å²) in [5, 5.41) is 3.15. The van der Waals surface area contributed by atoms with Crippen molar-refractivity contribution in [2.75, 3.05) is 19.1 Å². The zero-order valence-electron chi connectivity index (χ0n) is 15.5. The normalized spacial score (nSPS) is 26.3. The number of anilines is 1. The summed E-state index contributed by atoms with van der Waals surface area (Å²) >= 11 is 0. The number of nitrogens with one attached hydrogen (secondary N) is 1. The molecule has 2 aromatic carbocycles. The molecule has 0 saturated carbocycles. The Labute approximate surface area is 162 Å². The molecule has 2 amide bonds. The van der Waals surface area contributed by atoms with Crippen molar-refractivity contribution in [1.29, 1.82) is 0 Å². The maximum atomic E-state index is 13.2. The molecule has 2 aromatic rings. The lowest BCUT2D eigenvalue weighted by Crippen LogP contribution is -2.43. The van der Waals surface area contributed by atoms with Crippen LogP contribution in [-0.2, 0) is 19.1 Å². The summed E-state index contributed by atoms with van der Waals surface area (Å²) in [6.07, 6.45) is 0. The number of rotatable bonds is 4. The van der Waals surface area contributed by atoms with E-state index in [0.29, 0.717) is 11.4 Å². The topological polar surface area (TPSA) is 84.9 Å². The Bertz CT molecular complexity index is 912. The van der Waals surface area contributed by atoms with Gasteiger partial charge in [-0.15, -0.1) is 0 Å². The van der Waals surface area contributed by atoms with E-state index in [-0.39, 0.29) is 11.8 Å². The van der Waals surface area contributed by atoms with E-state index in [4.69, 9.17) is 9.47 Å². The second kappa shape index (κ2) is 7.09. The lowest BCUT2D eigenvalue weighted by atomic mass is 9.86. The average Bonchev–Trinajstić information content (AvgIpc) is 3.25. The number of para-hydroxylation sites is 1. The highest BCUT2D eigenvalue weighted by Gasteiger charge is 2.61. The summed E-state index contributed by atoms with van der Waals surface area (Å²) in [6.45, 7) is 0. The van der Waals surface area contributed by atoms with Gasteiger partial charge in [0.1, 0.15) is 11.8 Å². The van der Waals surface area contributed by atoms with Gasteiger partial charge in [-0.3, -0.25) is 19.7 Å². The molecule has 7 nitrogen and oxygen atoms in total. The fourth-order valence-corrected chi connectivity index (χ4v) is 4.10. The van der Waals surface area contributed by atoms with E-state index >= 15 is 0 Å². The first-order valence-electron chi connectivity index (χ1n) is 8.97. The van der Waals surface area contributed by atoms with Crippen LogP contribution in [0.4, 0.5) is 5.69 Å². The van der Waals surface area contributed by atoms with Gasteiger partial charge in [0.2, 0.25) is 11.8 Å². The summed E-state index contributed by atoms with van der Waals surface area (Å²) in [7, 11) is 2.85. The number of carbonyl (C=O) groups excluding carboxylic acids is 3. The molecule has 4 rings (SSSR count). The number of imide groups is 1. The Kier molecular flexibility index (Phi) is 4.60.